The molecule has 15 nitrogen and oxygen atoms in total. The highest BCUT2D eigenvalue weighted by molar-refractivity contribution is 6.12. The zero-order chi connectivity index (χ0) is 35.0. The van der Waals surface area contributed by atoms with Crippen molar-refractivity contribution in [3.8, 4) is 17.2 Å². The Morgan fingerprint density at radius 2 is 1.84 bits per heavy atom. The van der Waals surface area contributed by atoms with Crippen LogP contribution in [0.5, 0.6) is 17.2 Å². The molecule has 1 aliphatic carbocycles. The Kier molecular flexibility index (Phi) is 7.21. The summed E-state index contributed by atoms with van der Waals surface area (Å²) in [7, 11) is 4.30. The van der Waals surface area contributed by atoms with Gasteiger partial charge in [-0.3, -0.25) is 9.59 Å². The van der Waals surface area contributed by atoms with E-state index >= 15 is 0 Å². The molecule has 3 N–H and O–H groups in total. The second-order valence-electron chi connectivity index (χ2n) is 13.9. The molecule has 4 saturated heterocycles. The van der Waals surface area contributed by atoms with Crippen LogP contribution in [-0.2, 0) is 42.7 Å². The molecule has 10 atom stereocenters. The van der Waals surface area contributed by atoms with Crippen LogP contribution < -0.4 is 9.47 Å². The van der Waals surface area contributed by atoms with Gasteiger partial charge in [0, 0.05) is 50.5 Å². The van der Waals surface area contributed by atoms with E-state index in [0.717, 1.165) is 0 Å². The lowest BCUT2D eigenvalue weighted by molar-refractivity contribution is -0.344. The molecule has 6 aliphatic rings. The van der Waals surface area contributed by atoms with Crippen LogP contribution >= 0.6 is 0 Å². The fourth-order valence-corrected chi connectivity index (χ4v) is 8.83. The average Bonchev–Trinajstić information content (AvgIpc) is 3.71. The van der Waals surface area contributed by atoms with E-state index in [9.17, 15) is 24.9 Å². The van der Waals surface area contributed by atoms with Gasteiger partial charge in [-0.1, -0.05) is 0 Å². The van der Waals surface area contributed by atoms with Gasteiger partial charge in [0.15, 0.2) is 24.3 Å². The van der Waals surface area contributed by atoms with E-state index in [2.05, 4.69) is 0 Å². The molecule has 0 saturated carbocycles. The second-order valence-corrected chi connectivity index (χ2v) is 13.9. The van der Waals surface area contributed by atoms with Gasteiger partial charge in [-0.05, 0) is 38.8 Å². The molecule has 1 spiro atoms. The fraction of sp³-hybridized carbons (Fsp3) is 0.647. The molecule has 15 heteroatoms. The maximum Gasteiger partial charge on any atom is 0.303 e. The maximum absolute atomic E-state index is 13.6. The number of epoxide rings is 1. The molecule has 266 valence electrons. The Bertz CT molecular complexity index is 1760. The first kappa shape index (κ1) is 33.0. The number of benzene rings is 2. The number of phenols is 1. The summed E-state index contributed by atoms with van der Waals surface area (Å²) in [5.41, 5.74) is -1.48. The van der Waals surface area contributed by atoms with Crippen LogP contribution in [0.15, 0.2) is 6.07 Å². The minimum Gasteiger partial charge on any atom is -0.506 e. The van der Waals surface area contributed by atoms with Gasteiger partial charge in [0.05, 0.1) is 36.9 Å². The average molecular weight is 689 g/mol. The number of Topliss-reactive ketones (excluding diaryl/α,β-unsaturated/α-hetero) is 1. The number of carbonyl (C=O) groups excluding carboxylic acids is 2. The number of aromatic hydroxyl groups is 1. The van der Waals surface area contributed by atoms with E-state index < -0.39 is 71.8 Å². The number of methoxy groups -OCH3 is 3. The van der Waals surface area contributed by atoms with E-state index in [1.807, 2.05) is 6.92 Å². The maximum atomic E-state index is 13.6. The molecular weight excluding hydrogens is 648 g/mol. The summed E-state index contributed by atoms with van der Waals surface area (Å²) in [6, 6.07) is 1.79. The van der Waals surface area contributed by atoms with Crippen LogP contribution in [-0.4, -0.2) is 109 Å². The first-order valence-electron chi connectivity index (χ1n) is 16.3. The number of esters is 1. The van der Waals surface area contributed by atoms with Crippen molar-refractivity contribution in [2.75, 3.05) is 27.9 Å². The van der Waals surface area contributed by atoms with Gasteiger partial charge < -0.3 is 62.7 Å². The summed E-state index contributed by atoms with van der Waals surface area (Å²) in [4.78, 5) is 25.3. The lowest BCUT2D eigenvalue weighted by Gasteiger charge is -2.47. The second kappa shape index (κ2) is 10.7. The van der Waals surface area contributed by atoms with Gasteiger partial charge in [0.1, 0.15) is 29.0 Å². The molecule has 0 radical (unpaired) electrons. The van der Waals surface area contributed by atoms with Crippen molar-refractivity contribution in [3.63, 3.8) is 0 Å². The number of phenolic OH excluding ortho intramolecular Hbond substituents is 1. The summed E-state index contributed by atoms with van der Waals surface area (Å²) < 4.78 is 60.0. The minimum absolute atomic E-state index is 0.0134. The van der Waals surface area contributed by atoms with Crippen molar-refractivity contribution in [2.45, 2.75) is 113 Å². The van der Waals surface area contributed by atoms with E-state index in [1.54, 1.807) is 19.9 Å². The van der Waals surface area contributed by atoms with E-state index in [4.69, 9.17) is 47.4 Å². The van der Waals surface area contributed by atoms with Crippen LogP contribution in [0.1, 0.15) is 79.3 Å². The highest BCUT2D eigenvalue weighted by Crippen LogP contribution is 2.71. The molecule has 0 unspecified atom stereocenters. The Morgan fingerprint density at radius 3 is 2.45 bits per heavy atom. The molecule has 5 aliphatic heterocycles. The number of fused-ring (bicyclic) bond motifs is 8. The first-order chi connectivity index (χ1) is 23.2. The van der Waals surface area contributed by atoms with E-state index in [0.29, 0.717) is 22.1 Å². The standard InChI is InChI=1S/C34H40O15/c1-13-10-16-21(26-20(13)27-29-33(39,47-26)32(12-43-32)34(48-27,49-29)30(41-6)42-7)24(37)22-17(36)8-9-18(23(22)25(16)40-5)46-19-11-31(4,38)28(14(2)44-19)45-15(3)35/h10,14,18-19,27-30,37-39H,8-9,11-12H2,1-7H3/t14-,18-,19-,27-,28+,29-,31+,32-,33-,34-/m0/s1. The largest absolute Gasteiger partial charge is 0.506 e. The smallest absolute Gasteiger partial charge is 0.303 e. The molecule has 5 heterocycles. The van der Waals surface area contributed by atoms with Gasteiger partial charge in [-0.25, -0.2) is 0 Å². The lowest BCUT2D eigenvalue weighted by Crippen LogP contribution is -2.69. The predicted molar refractivity (Wildman–Crippen MR) is 163 cm³/mol. The number of aliphatic hydroxyl groups is 2. The lowest BCUT2D eigenvalue weighted by atomic mass is 9.78. The normalized spacial score (nSPS) is 40.0. The predicted octanol–water partition coefficient (Wildman–Crippen LogP) is 2.35. The van der Waals surface area contributed by atoms with Crippen molar-refractivity contribution in [1.29, 1.82) is 0 Å². The minimum atomic E-state index is -2.07. The zero-order valence-corrected chi connectivity index (χ0v) is 28.2. The van der Waals surface area contributed by atoms with Crippen molar-refractivity contribution in [2.24, 2.45) is 0 Å². The zero-order valence-electron chi connectivity index (χ0n) is 28.2. The molecular formula is C34H40O15. The molecule has 49 heavy (non-hydrogen) atoms. The molecule has 0 amide bonds. The number of hydrogen-bond donors (Lipinski definition) is 3. The Balaban J connectivity index is 1.24. The van der Waals surface area contributed by atoms with Crippen LogP contribution in [0, 0.1) is 6.92 Å². The van der Waals surface area contributed by atoms with Gasteiger partial charge >= 0.3 is 5.97 Å². The third kappa shape index (κ3) is 4.16. The number of hydrogen-bond acceptors (Lipinski definition) is 15. The third-order valence-electron chi connectivity index (χ3n) is 10.9. The number of aryl methyl sites for hydroxylation is 1. The van der Waals surface area contributed by atoms with Gasteiger partial charge in [-0.2, -0.15) is 0 Å². The quantitative estimate of drug-likeness (QED) is 0.218. The van der Waals surface area contributed by atoms with Gasteiger partial charge in [-0.15, -0.1) is 0 Å². The van der Waals surface area contributed by atoms with E-state index in [-0.39, 0.29) is 59.9 Å². The monoisotopic (exact) mass is 688 g/mol. The first-order valence-corrected chi connectivity index (χ1v) is 16.3. The Labute approximate surface area is 281 Å². The number of rotatable bonds is 7. The highest BCUT2D eigenvalue weighted by atomic mass is 16.9. The molecule has 0 aromatic heterocycles. The topological polar surface area (TPSA) is 190 Å². The number of carbonyl (C=O) groups is 2. The Hall–Kier alpha value is -3.12. The molecule has 2 aromatic carbocycles. The molecule has 8 rings (SSSR count). The van der Waals surface area contributed by atoms with Crippen molar-refractivity contribution in [1.82, 2.24) is 0 Å². The van der Waals surface area contributed by atoms with Crippen molar-refractivity contribution < 1.29 is 72.3 Å². The van der Waals surface area contributed by atoms with Crippen LogP contribution in [0.3, 0.4) is 0 Å². The molecule has 2 aromatic rings. The molecule has 2 bridgehead atoms. The van der Waals surface area contributed by atoms with Crippen molar-refractivity contribution >= 4 is 22.5 Å². The van der Waals surface area contributed by atoms with Gasteiger partial charge in [0.25, 0.3) is 11.6 Å². The van der Waals surface area contributed by atoms with Crippen LogP contribution in [0.4, 0.5) is 0 Å². The fourth-order valence-electron chi connectivity index (χ4n) is 8.83. The molecule has 4 fully saturated rings. The number of ether oxygens (including phenoxy) is 10. The van der Waals surface area contributed by atoms with E-state index in [1.165, 1.54) is 28.3 Å². The van der Waals surface area contributed by atoms with Gasteiger partial charge in [0.2, 0.25) is 11.9 Å². The number of ketones is 1. The third-order valence-corrected chi connectivity index (χ3v) is 10.9. The van der Waals surface area contributed by atoms with Crippen molar-refractivity contribution in [3.05, 3.63) is 28.3 Å². The Morgan fingerprint density at radius 1 is 1.12 bits per heavy atom. The highest BCUT2D eigenvalue weighted by Gasteiger charge is 2.92. The summed E-state index contributed by atoms with van der Waals surface area (Å²) in [5, 5.41) is 36.0. The summed E-state index contributed by atoms with van der Waals surface area (Å²) in [6.45, 7) is 6.33. The summed E-state index contributed by atoms with van der Waals surface area (Å²) >= 11 is 0. The van der Waals surface area contributed by atoms with Crippen LogP contribution in [0.2, 0.25) is 0 Å². The van der Waals surface area contributed by atoms with Crippen LogP contribution in [0.25, 0.3) is 10.8 Å². The summed E-state index contributed by atoms with van der Waals surface area (Å²) in [6.07, 6.45) is -6.07. The summed E-state index contributed by atoms with van der Waals surface area (Å²) in [5.74, 6) is -4.61. The SMILES string of the molecule is COc1c2c(c(O)c3c4c(c(C)cc13)[C@@H]1O[C@@]3(C(OC)OC)O[C@@H]1[C@](O)(O4)[C@@]31CO1)C(=O)CC[C@@H]2O[C@H]1C[C@@](C)(O)[C@H](OC(C)=O)[C@H](C)O1.